The second kappa shape index (κ2) is 8.58. The van der Waals surface area contributed by atoms with Gasteiger partial charge in [0.25, 0.3) is 5.56 Å². The second-order valence-corrected chi connectivity index (χ2v) is 9.53. The van der Waals surface area contributed by atoms with E-state index in [1.54, 1.807) is 11.5 Å². The average Bonchev–Trinajstić information content (AvgIpc) is 3.03. The molecule has 0 spiro atoms. The number of thioether (sulfide) groups is 1. The Labute approximate surface area is 183 Å². The number of ketones is 1. The van der Waals surface area contributed by atoms with Crippen molar-refractivity contribution in [3.8, 4) is 0 Å². The van der Waals surface area contributed by atoms with Crippen LogP contribution >= 0.6 is 23.1 Å². The molecule has 0 bridgehead atoms. The van der Waals surface area contributed by atoms with Crippen LogP contribution in [0.3, 0.4) is 0 Å². The van der Waals surface area contributed by atoms with Crippen LogP contribution in [-0.4, -0.2) is 15.3 Å². The molecule has 2 heterocycles. The zero-order valence-corrected chi connectivity index (χ0v) is 18.7. The van der Waals surface area contributed by atoms with Gasteiger partial charge in [-0.15, -0.1) is 11.3 Å². The lowest BCUT2D eigenvalue weighted by atomic mass is 10.1. The first-order chi connectivity index (χ1) is 14.5. The van der Waals surface area contributed by atoms with Gasteiger partial charge < -0.3 is 0 Å². The first-order valence-corrected chi connectivity index (χ1v) is 11.4. The third kappa shape index (κ3) is 3.98. The summed E-state index contributed by atoms with van der Waals surface area (Å²) in [5.41, 5.74) is 2.86. The van der Waals surface area contributed by atoms with Gasteiger partial charge >= 0.3 is 0 Å². The molecule has 2 aromatic heterocycles. The maximum absolute atomic E-state index is 13.5. The number of aromatic nitrogens is 2. The molecule has 0 radical (unpaired) electrons. The van der Waals surface area contributed by atoms with E-state index in [2.05, 4.69) is 0 Å². The molecule has 4 aromatic rings. The zero-order valence-electron chi connectivity index (χ0n) is 17.1. The number of benzene rings is 2. The number of carbonyl (C=O) groups is 1. The molecular formula is C24H22N2O2S2. The number of nitrogens with zero attached hydrogens (tertiary/aromatic N) is 2. The van der Waals surface area contributed by atoms with E-state index in [0.717, 1.165) is 26.4 Å². The van der Waals surface area contributed by atoms with Gasteiger partial charge in [-0.3, -0.25) is 14.2 Å². The topological polar surface area (TPSA) is 52.0 Å². The first-order valence-electron chi connectivity index (χ1n) is 9.72. The quantitative estimate of drug-likeness (QED) is 0.295. The minimum atomic E-state index is -0.417. The zero-order chi connectivity index (χ0) is 21.3. The van der Waals surface area contributed by atoms with Crippen LogP contribution in [0.15, 0.2) is 70.6 Å². The number of Topliss-reactive ketones (excluding diaryl/α,β-unsaturated/α-hetero) is 1. The Balaban J connectivity index is 1.87. The Kier molecular flexibility index (Phi) is 5.88. The molecule has 0 aliphatic carbocycles. The van der Waals surface area contributed by atoms with Gasteiger partial charge in [0, 0.05) is 4.88 Å². The summed E-state index contributed by atoms with van der Waals surface area (Å²) in [6.07, 6.45) is 0. The van der Waals surface area contributed by atoms with Crippen molar-refractivity contribution >= 4 is 39.1 Å². The number of carbonyl (C=O) groups excluding carboxylic acids is 1. The van der Waals surface area contributed by atoms with Crippen molar-refractivity contribution in [2.75, 3.05) is 0 Å². The van der Waals surface area contributed by atoms with Crippen molar-refractivity contribution in [1.29, 1.82) is 0 Å². The molecular weight excluding hydrogens is 412 g/mol. The predicted molar refractivity (Wildman–Crippen MR) is 125 cm³/mol. The van der Waals surface area contributed by atoms with Gasteiger partial charge in [0.05, 0.1) is 17.2 Å². The highest BCUT2D eigenvalue weighted by Gasteiger charge is 2.23. The van der Waals surface area contributed by atoms with Crippen molar-refractivity contribution in [3.63, 3.8) is 0 Å². The van der Waals surface area contributed by atoms with Crippen LogP contribution in [-0.2, 0) is 11.3 Å². The largest absolute Gasteiger partial charge is 0.298 e. The monoisotopic (exact) mass is 434 g/mol. The molecule has 0 N–H and O–H groups in total. The van der Waals surface area contributed by atoms with Crippen LogP contribution in [0, 0.1) is 13.8 Å². The van der Waals surface area contributed by atoms with Gasteiger partial charge in [0.15, 0.2) is 5.16 Å². The van der Waals surface area contributed by atoms with Crippen LogP contribution in [0.5, 0.6) is 0 Å². The normalized spacial score (nSPS) is 12.2. The second-order valence-electron chi connectivity index (χ2n) is 7.25. The molecule has 0 saturated heterocycles. The molecule has 1 atom stereocenters. The fourth-order valence-corrected chi connectivity index (χ4v) is 5.59. The fraction of sp³-hybridized carbons (Fsp3) is 0.208. The Morgan fingerprint density at radius 2 is 1.70 bits per heavy atom. The predicted octanol–water partition coefficient (Wildman–Crippen LogP) is 5.55. The van der Waals surface area contributed by atoms with E-state index in [0.29, 0.717) is 17.1 Å². The van der Waals surface area contributed by atoms with Crippen LogP contribution in [0.4, 0.5) is 0 Å². The van der Waals surface area contributed by atoms with Gasteiger partial charge in [0.2, 0.25) is 0 Å². The minimum absolute atomic E-state index is 0.0327. The maximum Gasteiger partial charge on any atom is 0.263 e. The summed E-state index contributed by atoms with van der Waals surface area (Å²) < 4.78 is 1.71. The lowest BCUT2D eigenvalue weighted by Gasteiger charge is -2.17. The van der Waals surface area contributed by atoms with Crippen molar-refractivity contribution in [1.82, 2.24) is 9.55 Å². The van der Waals surface area contributed by atoms with Crippen molar-refractivity contribution in [2.45, 2.75) is 37.7 Å². The highest BCUT2D eigenvalue weighted by Crippen LogP contribution is 2.36. The lowest BCUT2D eigenvalue weighted by Crippen LogP contribution is -2.24. The summed E-state index contributed by atoms with van der Waals surface area (Å²) in [5, 5.41) is 0.832. The molecule has 4 nitrogen and oxygen atoms in total. The third-order valence-electron chi connectivity index (χ3n) is 5.13. The highest BCUT2D eigenvalue weighted by atomic mass is 32.2. The van der Waals surface area contributed by atoms with E-state index in [4.69, 9.17) is 4.98 Å². The lowest BCUT2D eigenvalue weighted by molar-refractivity contribution is -0.116. The van der Waals surface area contributed by atoms with E-state index < -0.39 is 5.25 Å². The van der Waals surface area contributed by atoms with E-state index in [-0.39, 0.29) is 11.3 Å². The van der Waals surface area contributed by atoms with E-state index in [1.807, 2.05) is 74.5 Å². The molecule has 6 heteroatoms. The van der Waals surface area contributed by atoms with Gasteiger partial charge in [-0.2, -0.15) is 0 Å². The Hall–Kier alpha value is -2.70. The van der Waals surface area contributed by atoms with Gasteiger partial charge in [0.1, 0.15) is 10.6 Å². The Bertz CT molecular complexity index is 1260. The average molecular weight is 435 g/mol. The highest BCUT2D eigenvalue weighted by molar-refractivity contribution is 8.00. The van der Waals surface area contributed by atoms with Crippen LogP contribution in [0.1, 0.15) is 33.7 Å². The molecule has 30 heavy (non-hydrogen) atoms. The fourth-order valence-electron chi connectivity index (χ4n) is 3.42. The van der Waals surface area contributed by atoms with Crippen molar-refractivity contribution in [2.24, 2.45) is 0 Å². The summed E-state index contributed by atoms with van der Waals surface area (Å²) in [4.78, 5) is 32.7. The molecule has 0 aliphatic heterocycles. The molecule has 0 aliphatic rings. The van der Waals surface area contributed by atoms with E-state index in [1.165, 1.54) is 23.1 Å². The summed E-state index contributed by atoms with van der Waals surface area (Å²) in [6, 6.07) is 19.5. The summed E-state index contributed by atoms with van der Waals surface area (Å²) in [7, 11) is 0. The van der Waals surface area contributed by atoms with Gasteiger partial charge in [-0.25, -0.2) is 4.98 Å². The van der Waals surface area contributed by atoms with Gasteiger partial charge in [-0.05, 0) is 37.5 Å². The summed E-state index contributed by atoms with van der Waals surface area (Å²) in [5.74, 6) is 0.0327. The van der Waals surface area contributed by atoms with E-state index >= 15 is 0 Å². The number of hydrogen-bond acceptors (Lipinski definition) is 5. The van der Waals surface area contributed by atoms with Crippen molar-refractivity contribution < 1.29 is 4.79 Å². The van der Waals surface area contributed by atoms with Crippen LogP contribution < -0.4 is 5.56 Å². The third-order valence-corrected chi connectivity index (χ3v) is 7.60. The number of rotatable bonds is 6. The number of fused-ring (bicyclic) bond motifs is 1. The molecule has 2 aromatic carbocycles. The summed E-state index contributed by atoms with van der Waals surface area (Å²) >= 11 is 2.88. The SMILES string of the molecule is CC(=O)[C@H](Sc1nc2sc(C)c(C)c2c(=O)n1Cc1ccccc1)c1ccccc1. The number of hydrogen-bond donors (Lipinski definition) is 0. The van der Waals surface area contributed by atoms with Crippen LogP contribution in [0.2, 0.25) is 0 Å². The molecule has 0 amide bonds. The van der Waals surface area contributed by atoms with Crippen LogP contribution in [0.25, 0.3) is 10.2 Å². The first kappa shape index (κ1) is 20.6. The summed E-state index contributed by atoms with van der Waals surface area (Å²) in [6.45, 7) is 5.98. The Morgan fingerprint density at radius 1 is 1.07 bits per heavy atom. The molecule has 0 fully saturated rings. The van der Waals surface area contributed by atoms with Crippen molar-refractivity contribution in [3.05, 3.63) is 92.6 Å². The Morgan fingerprint density at radius 3 is 2.33 bits per heavy atom. The van der Waals surface area contributed by atoms with E-state index in [9.17, 15) is 9.59 Å². The standard InChI is InChI=1S/C24H22N2O2S2/c1-15-17(3)29-22-20(15)23(28)26(14-18-10-6-4-7-11-18)24(25-22)30-21(16(2)27)19-12-8-5-9-13-19/h4-13,21H,14H2,1-3H3/t21-/m0/s1. The van der Waals surface area contributed by atoms with Gasteiger partial charge in [-0.1, -0.05) is 72.4 Å². The molecule has 0 unspecified atom stereocenters. The smallest absolute Gasteiger partial charge is 0.263 e. The maximum atomic E-state index is 13.5. The number of aryl methyl sites for hydroxylation is 2. The molecule has 152 valence electrons. The molecule has 0 saturated carbocycles. The number of thiophene rings is 1. The molecule has 4 rings (SSSR count). The minimum Gasteiger partial charge on any atom is -0.298 e.